The lowest BCUT2D eigenvalue weighted by molar-refractivity contribution is 0.102. The Labute approximate surface area is 138 Å². The Morgan fingerprint density at radius 1 is 1.35 bits per heavy atom. The number of anilines is 1. The van der Waals surface area contributed by atoms with Crippen LogP contribution in [0, 0.1) is 13.8 Å². The van der Waals surface area contributed by atoms with Crippen molar-refractivity contribution in [3.63, 3.8) is 0 Å². The minimum Gasteiger partial charge on any atom is -0.361 e. The first-order chi connectivity index (χ1) is 11.1. The second kappa shape index (κ2) is 6.50. The molecular formula is C17H19N3O2S. The summed E-state index contributed by atoms with van der Waals surface area (Å²) in [6, 6.07) is 6.29. The molecule has 2 aromatic heterocycles. The highest BCUT2D eigenvalue weighted by molar-refractivity contribution is 7.22. The maximum absolute atomic E-state index is 12.4. The molecule has 6 heteroatoms. The predicted octanol–water partition coefficient (Wildman–Crippen LogP) is 4.50. The first-order valence-corrected chi connectivity index (χ1v) is 8.54. The summed E-state index contributed by atoms with van der Waals surface area (Å²) in [6.45, 7) is 5.67. The van der Waals surface area contributed by atoms with Gasteiger partial charge < -0.3 is 4.52 Å². The van der Waals surface area contributed by atoms with Crippen LogP contribution in [0.15, 0.2) is 22.7 Å². The molecule has 0 saturated carbocycles. The van der Waals surface area contributed by atoms with Crippen LogP contribution in [-0.4, -0.2) is 16.0 Å². The van der Waals surface area contributed by atoms with E-state index in [1.165, 1.54) is 29.7 Å². The predicted molar refractivity (Wildman–Crippen MR) is 92.2 cm³/mol. The zero-order valence-electron chi connectivity index (χ0n) is 13.5. The number of fused-ring (bicyclic) bond motifs is 1. The number of aryl methyl sites for hydroxylation is 3. The summed E-state index contributed by atoms with van der Waals surface area (Å²) < 4.78 is 6.13. The van der Waals surface area contributed by atoms with Crippen LogP contribution >= 0.6 is 11.3 Å². The van der Waals surface area contributed by atoms with E-state index in [0.29, 0.717) is 22.1 Å². The minimum absolute atomic E-state index is 0.230. The molecule has 0 fully saturated rings. The number of thiazole rings is 1. The summed E-state index contributed by atoms with van der Waals surface area (Å²) in [5.74, 6) is 0.287. The van der Waals surface area contributed by atoms with Gasteiger partial charge in [-0.1, -0.05) is 35.9 Å². The molecule has 0 saturated heterocycles. The van der Waals surface area contributed by atoms with Gasteiger partial charge in [0, 0.05) is 0 Å². The molecule has 0 aliphatic rings. The molecular weight excluding hydrogens is 310 g/mol. The van der Waals surface area contributed by atoms with Gasteiger partial charge in [0.2, 0.25) is 0 Å². The van der Waals surface area contributed by atoms with Gasteiger partial charge in [0.1, 0.15) is 11.3 Å². The Hall–Kier alpha value is -2.21. The number of nitrogens with one attached hydrogen (secondary N) is 1. The van der Waals surface area contributed by atoms with Crippen LogP contribution in [0.4, 0.5) is 5.13 Å². The fourth-order valence-electron chi connectivity index (χ4n) is 2.53. The summed E-state index contributed by atoms with van der Waals surface area (Å²) in [6.07, 6.45) is 3.44. The van der Waals surface area contributed by atoms with Gasteiger partial charge in [-0.3, -0.25) is 10.1 Å². The van der Waals surface area contributed by atoms with Gasteiger partial charge in [0.05, 0.1) is 15.9 Å². The highest BCUT2D eigenvalue weighted by Crippen LogP contribution is 2.28. The number of amides is 1. The molecule has 3 aromatic rings. The van der Waals surface area contributed by atoms with Crippen molar-refractivity contribution >= 4 is 32.6 Å². The number of carbonyl (C=O) groups excluding carboxylic acids is 1. The van der Waals surface area contributed by atoms with Crippen LogP contribution < -0.4 is 5.32 Å². The summed E-state index contributed by atoms with van der Waals surface area (Å²) in [5, 5.41) is 7.25. The molecule has 0 spiro atoms. The highest BCUT2D eigenvalue weighted by atomic mass is 32.1. The standard InChI is InChI=1S/C17H19N3O2S/c1-4-5-6-12-7-8-13-14(9-12)23-17(18-13)19-16(21)15-10(2)20-22-11(15)3/h7-9H,4-6H2,1-3H3,(H,18,19,21). The van der Waals surface area contributed by atoms with Gasteiger partial charge in [-0.25, -0.2) is 4.98 Å². The molecule has 0 aliphatic carbocycles. The lowest BCUT2D eigenvalue weighted by atomic mass is 10.1. The van der Waals surface area contributed by atoms with Gasteiger partial charge >= 0.3 is 0 Å². The Morgan fingerprint density at radius 2 is 2.17 bits per heavy atom. The maximum Gasteiger partial charge on any atom is 0.262 e. The van der Waals surface area contributed by atoms with Crippen molar-refractivity contribution in [1.82, 2.24) is 10.1 Å². The third-order valence-electron chi connectivity index (χ3n) is 3.75. The monoisotopic (exact) mass is 329 g/mol. The van der Waals surface area contributed by atoms with Crippen molar-refractivity contribution in [2.45, 2.75) is 40.0 Å². The van der Waals surface area contributed by atoms with Crippen LogP contribution in [0.3, 0.4) is 0 Å². The average Bonchev–Trinajstić information content (AvgIpc) is 3.07. The van der Waals surface area contributed by atoms with Gasteiger partial charge in [0.25, 0.3) is 5.91 Å². The third-order valence-corrected chi connectivity index (χ3v) is 4.69. The number of benzene rings is 1. The van der Waals surface area contributed by atoms with E-state index in [1.807, 2.05) is 6.07 Å². The Bertz CT molecular complexity index is 831. The van der Waals surface area contributed by atoms with Crippen LogP contribution in [0.5, 0.6) is 0 Å². The highest BCUT2D eigenvalue weighted by Gasteiger charge is 2.18. The second-order valence-electron chi connectivity index (χ2n) is 5.58. The largest absolute Gasteiger partial charge is 0.361 e. The molecule has 23 heavy (non-hydrogen) atoms. The van der Waals surface area contributed by atoms with E-state index in [-0.39, 0.29) is 5.91 Å². The summed E-state index contributed by atoms with van der Waals surface area (Å²) in [7, 11) is 0. The summed E-state index contributed by atoms with van der Waals surface area (Å²) >= 11 is 1.49. The molecule has 2 heterocycles. The second-order valence-corrected chi connectivity index (χ2v) is 6.61. The average molecular weight is 329 g/mol. The third kappa shape index (κ3) is 3.27. The molecule has 0 radical (unpaired) electrons. The lowest BCUT2D eigenvalue weighted by Gasteiger charge is -1.99. The zero-order valence-corrected chi connectivity index (χ0v) is 14.3. The van der Waals surface area contributed by atoms with Crippen LogP contribution in [0.1, 0.15) is 47.1 Å². The first-order valence-electron chi connectivity index (χ1n) is 7.72. The quantitative estimate of drug-likeness (QED) is 0.748. The van der Waals surface area contributed by atoms with Crippen molar-refractivity contribution in [1.29, 1.82) is 0 Å². The molecule has 0 bridgehead atoms. The Morgan fingerprint density at radius 3 is 2.87 bits per heavy atom. The normalized spacial score (nSPS) is 11.1. The number of rotatable bonds is 5. The summed E-state index contributed by atoms with van der Waals surface area (Å²) in [4.78, 5) is 16.8. The lowest BCUT2D eigenvalue weighted by Crippen LogP contribution is -2.13. The van der Waals surface area contributed by atoms with E-state index in [2.05, 4.69) is 34.5 Å². The van der Waals surface area contributed by atoms with Gasteiger partial charge in [-0.15, -0.1) is 0 Å². The van der Waals surface area contributed by atoms with Crippen molar-refractivity contribution in [2.24, 2.45) is 0 Å². The van der Waals surface area contributed by atoms with Crippen molar-refractivity contribution < 1.29 is 9.32 Å². The van der Waals surface area contributed by atoms with Crippen molar-refractivity contribution in [2.75, 3.05) is 5.32 Å². The topological polar surface area (TPSA) is 68.0 Å². The van der Waals surface area contributed by atoms with E-state index in [0.717, 1.165) is 16.6 Å². The van der Waals surface area contributed by atoms with Crippen molar-refractivity contribution in [3.05, 3.63) is 40.8 Å². The minimum atomic E-state index is -0.230. The molecule has 1 amide bonds. The number of nitrogens with zero attached hydrogens (tertiary/aromatic N) is 2. The fourth-order valence-corrected chi connectivity index (χ4v) is 3.45. The van der Waals surface area contributed by atoms with Crippen LogP contribution in [-0.2, 0) is 6.42 Å². The van der Waals surface area contributed by atoms with E-state index in [1.54, 1.807) is 13.8 Å². The molecule has 0 unspecified atom stereocenters. The van der Waals surface area contributed by atoms with Gasteiger partial charge in [-0.2, -0.15) is 0 Å². The number of carbonyl (C=O) groups is 1. The smallest absolute Gasteiger partial charge is 0.262 e. The number of hydrogen-bond acceptors (Lipinski definition) is 5. The van der Waals surface area contributed by atoms with Crippen molar-refractivity contribution in [3.8, 4) is 0 Å². The molecule has 0 atom stereocenters. The molecule has 1 N–H and O–H groups in total. The molecule has 5 nitrogen and oxygen atoms in total. The fraction of sp³-hybridized carbons (Fsp3) is 0.353. The van der Waals surface area contributed by atoms with E-state index < -0.39 is 0 Å². The molecule has 3 rings (SSSR count). The van der Waals surface area contributed by atoms with Gasteiger partial charge in [-0.05, 0) is 44.4 Å². The number of unbranched alkanes of at least 4 members (excludes halogenated alkanes) is 1. The van der Waals surface area contributed by atoms with E-state index >= 15 is 0 Å². The van der Waals surface area contributed by atoms with Crippen LogP contribution in [0.25, 0.3) is 10.2 Å². The van der Waals surface area contributed by atoms with Crippen LogP contribution in [0.2, 0.25) is 0 Å². The number of hydrogen-bond donors (Lipinski definition) is 1. The molecule has 120 valence electrons. The first kappa shape index (κ1) is 15.7. The Kier molecular flexibility index (Phi) is 4.43. The van der Waals surface area contributed by atoms with Gasteiger partial charge in [0.15, 0.2) is 5.13 Å². The SMILES string of the molecule is CCCCc1ccc2nc(NC(=O)c3c(C)noc3C)sc2c1. The maximum atomic E-state index is 12.4. The molecule has 0 aliphatic heterocycles. The molecule has 1 aromatic carbocycles. The number of aromatic nitrogens is 2. The summed E-state index contributed by atoms with van der Waals surface area (Å²) in [5.41, 5.74) is 3.28. The zero-order chi connectivity index (χ0) is 16.4. The van der Waals surface area contributed by atoms with E-state index in [4.69, 9.17) is 4.52 Å². The Balaban J connectivity index is 1.82. The van der Waals surface area contributed by atoms with E-state index in [9.17, 15) is 4.79 Å².